The van der Waals surface area contributed by atoms with Crippen molar-refractivity contribution in [3.63, 3.8) is 0 Å². The van der Waals surface area contributed by atoms with E-state index < -0.39 is 0 Å². The summed E-state index contributed by atoms with van der Waals surface area (Å²) in [4.78, 5) is 12.2. The Morgan fingerprint density at radius 3 is 2.78 bits per heavy atom. The number of aromatic nitrogens is 4. The lowest BCUT2D eigenvalue weighted by Crippen LogP contribution is -2.02. The summed E-state index contributed by atoms with van der Waals surface area (Å²) in [6, 6.07) is 7.85. The largest absolute Gasteiger partial charge is 0.369 e. The van der Waals surface area contributed by atoms with Crippen molar-refractivity contribution in [1.29, 1.82) is 0 Å². The zero-order chi connectivity index (χ0) is 12.7. The van der Waals surface area contributed by atoms with E-state index in [2.05, 4.69) is 15.0 Å². The van der Waals surface area contributed by atoms with Gasteiger partial charge in [-0.1, -0.05) is 29.8 Å². The zero-order valence-corrected chi connectivity index (χ0v) is 10.4. The average molecular weight is 260 g/mol. The van der Waals surface area contributed by atoms with Crippen LogP contribution < -0.4 is 5.73 Å². The highest BCUT2D eigenvalue weighted by molar-refractivity contribution is 6.33. The first-order valence-electron chi connectivity index (χ1n) is 5.39. The average Bonchev–Trinajstić information content (AvgIpc) is 2.68. The van der Waals surface area contributed by atoms with Gasteiger partial charge in [-0.2, -0.15) is 4.98 Å². The molecule has 2 aromatic heterocycles. The lowest BCUT2D eigenvalue weighted by molar-refractivity contribution is 1.08. The molecule has 0 amide bonds. The first-order chi connectivity index (χ1) is 8.68. The minimum Gasteiger partial charge on any atom is -0.369 e. The third kappa shape index (κ3) is 1.52. The molecule has 0 aliphatic rings. The monoisotopic (exact) mass is 259 g/mol. The van der Waals surface area contributed by atoms with Gasteiger partial charge in [0.25, 0.3) is 0 Å². The maximum Gasteiger partial charge on any atom is 0.207 e. The maximum atomic E-state index is 6.11. The molecule has 90 valence electrons. The van der Waals surface area contributed by atoms with Gasteiger partial charge in [-0.05, 0) is 18.6 Å². The summed E-state index contributed by atoms with van der Waals surface area (Å²) in [5.74, 6) is 0.349. The third-order valence-electron chi connectivity index (χ3n) is 2.79. The predicted molar refractivity (Wildman–Crippen MR) is 70.8 cm³/mol. The van der Waals surface area contributed by atoms with Crippen molar-refractivity contribution in [3.8, 4) is 5.69 Å². The van der Waals surface area contributed by atoms with Gasteiger partial charge in [0.1, 0.15) is 11.8 Å². The molecule has 2 N–H and O–H groups in total. The molecule has 2 heterocycles. The summed E-state index contributed by atoms with van der Waals surface area (Å²) < 4.78 is 1.77. The Bertz CT molecular complexity index is 734. The molecule has 0 aliphatic carbocycles. The standard InChI is InChI=1S/C12H10ClN5/c1-7-4-2-3-5-8(7)18-9-10(13)15-6-16-11(9)17-12(18)14/h2-6H,1H3,(H2,14,15,16,17). The van der Waals surface area contributed by atoms with E-state index in [1.54, 1.807) is 4.57 Å². The van der Waals surface area contributed by atoms with Gasteiger partial charge in [-0.3, -0.25) is 4.57 Å². The number of hydrogen-bond acceptors (Lipinski definition) is 4. The van der Waals surface area contributed by atoms with Gasteiger partial charge < -0.3 is 5.73 Å². The summed E-state index contributed by atoms with van der Waals surface area (Å²) in [6.07, 6.45) is 1.37. The van der Waals surface area contributed by atoms with Crippen molar-refractivity contribution >= 4 is 28.7 Å². The SMILES string of the molecule is Cc1ccccc1-n1c(N)nc2ncnc(Cl)c21. The first-order valence-corrected chi connectivity index (χ1v) is 5.76. The van der Waals surface area contributed by atoms with Crippen LogP contribution >= 0.6 is 11.6 Å². The molecule has 0 spiro atoms. The van der Waals surface area contributed by atoms with E-state index in [1.165, 1.54) is 6.33 Å². The van der Waals surface area contributed by atoms with Gasteiger partial charge in [0.2, 0.25) is 5.95 Å². The van der Waals surface area contributed by atoms with Crippen LogP contribution in [0.2, 0.25) is 5.15 Å². The van der Waals surface area contributed by atoms with E-state index in [9.17, 15) is 0 Å². The number of para-hydroxylation sites is 1. The number of halogens is 1. The summed E-state index contributed by atoms with van der Waals surface area (Å²) in [6.45, 7) is 2.00. The number of anilines is 1. The Balaban J connectivity index is 2.43. The number of nitrogens with two attached hydrogens (primary N) is 1. The number of nitrogens with zero attached hydrogens (tertiary/aromatic N) is 4. The molecule has 0 unspecified atom stereocenters. The van der Waals surface area contributed by atoms with E-state index in [0.29, 0.717) is 22.3 Å². The minimum atomic E-state index is 0.340. The fourth-order valence-electron chi connectivity index (χ4n) is 1.95. The number of aryl methyl sites for hydroxylation is 1. The van der Waals surface area contributed by atoms with Crippen LogP contribution in [0.3, 0.4) is 0 Å². The molecule has 3 rings (SSSR count). The number of imidazole rings is 1. The molecule has 0 bridgehead atoms. The maximum absolute atomic E-state index is 6.11. The molecule has 0 atom stereocenters. The Kier molecular flexibility index (Phi) is 2.41. The number of hydrogen-bond donors (Lipinski definition) is 1. The van der Waals surface area contributed by atoms with Gasteiger partial charge in [0.05, 0.1) is 5.69 Å². The molecule has 0 aliphatic heterocycles. The molecule has 6 heteroatoms. The second-order valence-electron chi connectivity index (χ2n) is 3.93. The van der Waals surface area contributed by atoms with Gasteiger partial charge in [-0.15, -0.1) is 0 Å². The predicted octanol–water partition coefficient (Wildman–Crippen LogP) is 2.36. The minimum absolute atomic E-state index is 0.340. The fraction of sp³-hybridized carbons (Fsp3) is 0.0833. The van der Waals surface area contributed by atoms with Crippen molar-refractivity contribution < 1.29 is 0 Å². The molecule has 3 aromatic rings. The summed E-state index contributed by atoms with van der Waals surface area (Å²) >= 11 is 6.11. The van der Waals surface area contributed by atoms with Gasteiger partial charge >= 0.3 is 0 Å². The molecule has 5 nitrogen and oxygen atoms in total. The van der Waals surface area contributed by atoms with E-state index in [4.69, 9.17) is 17.3 Å². The van der Waals surface area contributed by atoms with Crippen molar-refractivity contribution in [2.24, 2.45) is 0 Å². The second kappa shape index (κ2) is 3.96. The molecular weight excluding hydrogens is 250 g/mol. The zero-order valence-electron chi connectivity index (χ0n) is 9.63. The Labute approximate surface area is 108 Å². The lowest BCUT2D eigenvalue weighted by atomic mass is 10.2. The van der Waals surface area contributed by atoms with Crippen molar-refractivity contribution in [1.82, 2.24) is 19.5 Å². The second-order valence-corrected chi connectivity index (χ2v) is 4.29. The molecular formula is C12H10ClN5. The van der Waals surface area contributed by atoms with Crippen LogP contribution in [0.4, 0.5) is 5.95 Å². The van der Waals surface area contributed by atoms with Gasteiger partial charge in [-0.25, -0.2) is 9.97 Å². The molecule has 0 radical (unpaired) electrons. The Morgan fingerprint density at radius 1 is 1.22 bits per heavy atom. The molecule has 1 aromatic carbocycles. The van der Waals surface area contributed by atoms with Crippen molar-refractivity contribution in [3.05, 3.63) is 41.3 Å². The van der Waals surface area contributed by atoms with Crippen LogP contribution in [-0.2, 0) is 0 Å². The smallest absolute Gasteiger partial charge is 0.207 e. The van der Waals surface area contributed by atoms with E-state index in [0.717, 1.165) is 11.3 Å². The molecule has 0 fully saturated rings. The van der Waals surface area contributed by atoms with Crippen LogP contribution in [-0.4, -0.2) is 19.5 Å². The van der Waals surface area contributed by atoms with Crippen LogP contribution in [0.1, 0.15) is 5.56 Å². The summed E-state index contributed by atoms with van der Waals surface area (Å²) in [7, 11) is 0. The number of nitrogen functional groups attached to an aromatic ring is 1. The topological polar surface area (TPSA) is 69.6 Å². The lowest BCUT2D eigenvalue weighted by Gasteiger charge is -2.09. The fourth-order valence-corrected chi connectivity index (χ4v) is 2.17. The summed E-state index contributed by atoms with van der Waals surface area (Å²) in [5, 5.41) is 0.340. The third-order valence-corrected chi connectivity index (χ3v) is 3.06. The summed E-state index contributed by atoms with van der Waals surface area (Å²) in [5.41, 5.74) is 9.07. The van der Waals surface area contributed by atoms with E-state index in [1.807, 2.05) is 31.2 Å². The van der Waals surface area contributed by atoms with Crippen LogP contribution in [0.25, 0.3) is 16.9 Å². The molecule has 0 saturated heterocycles. The van der Waals surface area contributed by atoms with Crippen LogP contribution in [0.15, 0.2) is 30.6 Å². The highest BCUT2D eigenvalue weighted by Gasteiger charge is 2.15. The van der Waals surface area contributed by atoms with Crippen molar-refractivity contribution in [2.45, 2.75) is 6.92 Å². The van der Waals surface area contributed by atoms with Crippen LogP contribution in [0.5, 0.6) is 0 Å². The first kappa shape index (κ1) is 11.0. The van der Waals surface area contributed by atoms with Crippen molar-refractivity contribution in [2.75, 3.05) is 5.73 Å². The normalized spacial score (nSPS) is 11.0. The number of benzene rings is 1. The van der Waals surface area contributed by atoms with Gasteiger partial charge in [0.15, 0.2) is 10.8 Å². The van der Waals surface area contributed by atoms with E-state index in [-0.39, 0.29) is 0 Å². The molecule has 0 saturated carbocycles. The van der Waals surface area contributed by atoms with Crippen LogP contribution in [0, 0.1) is 6.92 Å². The van der Waals surface area contributed by atoms with Gasteiger partial charge in [0, 0.05) is 0 Å². The quantitative estimate of drug-likeness (QED) is 0.681. The number of fused-ring (bicyclic) bond motifs is 1. The Hall–Kier alpha value is -2.14. The molecule has 18 heavy (non-hydrogen) atoms. The highest BCUT2D eigenvalue weighted by Crippen LogP contribution is 2.27. The number of rotatable bonds is 1. The van der Waals surface area contributed by atoms with E-state index >= 15 is 0 Å². The Morgan fingerprint density at radius 2 is 2.00 bits per heavy atom. The highest BCUT2D eigenvalue weighted by atomic mass is 35.5.